The van der Waals surface area contributed by atoms with Gasteiger partial charge in [-0.15, -0.1) is 0 Å². The van der Waals surface area contributed by atoms with Gasteiger partial charge in [-0.25, -0.2) is 0 Å². The van der Waals surface area contributed by atoms with E-state index in [1.807, 2.05) is 18.7 Å². The molecule has 1 aromatic rings. The molecule has 0 aromatic heterocycles. The SMILES string of the molecule is CC=C1C[C@H]2[C@H](OCC)Nc3cc(O)c(OC)cc3C(=O)N2C1. The fourth-order valence-electron chi connectivity index (χ4n) is 3.25. The first-order chi connectivity index (χ1) is 11.1. The lowest BCUT2D eigenvalue weighted by Gasteiger charge is -2.28. The van der Waals surface area contributed by atoms with Gasteiger partial charge in [0.15, 0.2) is 11.5 Å². The summed E-state index contributed by atoms with van der Waals surface area (Å²) in [5.74, 6) is 0.212. The van der Waals surface area contributed by atoms with Crippen LogP contribution >= 0.6 is 0 Å². The van der Waals surface area contributed by atoms with Crippen LogP contribution in [-0.4, -0.2) is 48.4 Å². The second kappa shape index (κ2) is 6.12. The second-order valence-electron chi connectivity index (χ2n) is 5.74. The van der Waals surface area contributed by atoms with Crippen molar-refractivity contribution in [3.63, 3.8) is 0 Å². The summed E-state index contributed by atoms with van der Waals surface area (Å²) in [5, 5.41) is 13.3. The van der Waals surface area contributed by atoms with Gasteiger partial charge in [-0.1, -0.05) is 11.6 Å². The molecule has 2 aliphatic rings. The number of hydrogen-bond donors (Lipinski definition) is 2. The van der Waals surface area contributed by atoms with E-state index in [0.717, 1.165) is 6.42 Å². The van der Waals surface area contributed by atoms with E-state index < -0.39 is 0 Å². The molecule has 1 amide bonds. The standard InChI is InChI=1S/C17H22N2O4/c1-4-10-6-13-16(23-5-2)18-12-8-14(20)15(22-3)7-11(12)17(21)19(13)9-10/h4,7-8,13,16,18,20H,5-6,9H2,1-3H3/t13-,16-/m0/s1. The fraction of sp³-hybridized carbons (Fsp3) is 0.471. The molecule has 2 aliphatic heterocycles. The molecule has 6 nitrogen and oxygen atoms in total. The van der Waals surface area contributed by atoms with Crippen LogP contribution in [0.1, 0.15) is 30.6 Å². The van der Waals surface area contributed by atoms with Gasteiger partial charge in [0.2, 0.25) is 0 Å². The Hall–Kier alpha value is -2.21. The maximum absolute atomic E-state index is 13.0. The molecule has 1 saturated heterocycles. The number of fused-ring (bicyclic) bond motifs is 2. The van der Waals surface area contributed by atoms with Crippen LogP contribution in [0, 0.1) is 0 Å². The molecule has 3 rings (SSSR count). The van der Waals surface area contributed by atoms with Crippen LogP contribution in [0.25, 0.3) is 0 Å². The number of phenols is 1. The summed E-state index contributed by atoms with van der Waals surface area (Å²) in [4.78, 5) is 14.8. The van der Waals surface area contributed by atoms with E-state index in [9.17, 15) is 9.90 Å². The zero-order chi connectivity index (χ0) is 16.6. The summed E-state index contributed by atoms with van der Waals surface area (Å²) in [6, 6.07) is 3.05. The van der Waals surface area contributed by atoms with Crippen molar-refractivity contribution in [2.24, 2.45) is 0 Å². The predicted octanol–water partition coefficient (Wildman–Crippen LogP) is 2.35. The number of rotatable bonds is 3. The first-order valence-electron chi connectivity index (χ1n) is 7.83. The molecule has 0 unspecified atom stereocenters. The van der Waals surface area contributed by atoms with E-state index in [0.29, 0.717) is 24.4 Å². The Morgan fingerprint density at radius 1 is 1.48 bits per heavy atom. The van der Waals surface area contributed by atoms with Gasteiger partial charge in [-0.05, 0) is 26.3 Å². The Morgan fingerprint density at radius 2 is 2.26 bits per heavy atom. The average Bonchev–Trinajstić information content (AvgIpc) is 2.94. The van der Waals surface area contributed by atoms with Crippen molar-refractivity contribution in [3.05, 3.63) is 29.3 Å². The minimum absolute atomic E-state index is 0.00185. The highest BCUT2D eigenvalue weighted by Gasteiger charge is 2.41. The number of aromatic hydroxyl groups is 1. The summed E-state index contributed by atoms with van der Waals surface area (Å²) in [6.45, 7) is 5.06. The smallest absolute Gasteiger partial charge is 0.256 e. The highest BCUT2D eigenvalue weighted by Crippen LogP contribution is 2.38. The van der Waals surface area contributed by atoms with Crippen LogP contribution in [0.4, 0.5) is 5.69 Å². The number of methoxy groups -OCH3 is 1. The van der Waals surface area contributed by atoms with Crippen LogP contribution in [0.3, 0.4) is 0 Å². The van der Waals surface area contributed by atoms with E-state index in [2.05, 4.69) is 11.4 Å². The minimum atomic E-state index is -0.310. The van der Waals surface area contributed by atoms with Gasteiger partial charge in [0.1, 0.15) is 6.23 Å². The van der Waals surface area contributed by atoms with Gasteiger partial charge >= 0.3 is 0 Å². The molecule has 1 aromatic carbocycles. The fourth-order valence-corrected chi connectivity index (χ4v) is 3.25. The van der Waals surface area contributed by atoms with Crippen molar-refractivity contribution in [3.8, 4) is 11.5 Å². The molecule has 0 saturated carbocycles. The lowest BCUT2D eigenvalue weighted by Crippen LogP contribution is -2.44. The summed E-state index contributed by atoms with van der Waals surface area (Å²) >= 11 is 0. The quantitative estimate of drug-likeness (QED) is 0.837. The Kier molecular flexibility index (Phi) is 4.17. The van der Waals surface area contributed by atoms with Crippen LogP contribution < -0.4 is 10.1 Å². The third kappa shape index (κ3) is 2.63. The van der Waals surface area contributed by atoms with Crippen molar-refractivity contribution in [2.75, 3.05) is 25.6 Å². The minimum Gasteiger partial charge on any atom is -0.504 e. The van der Waals surface area contributed by atoms with Crippen molar-refractivity contribution in [2.45, 2.75) is 32.5 Å². The molecule has 124 valence electrons. The number of nitrogens with one attached hydrogen (secondary N) is 1. The molecule has 0 radical (unpaired) electrons. The number of benzene rings is 1. The Balaban J connectivity index is 2.07. The average molecular weight is 318 g/mol. The van der Waals surface area contributed by atoms with Crippen LogP contribution in [0.5, 0.6) is 11.5 Å². The number of carbonyl (C=O) groups is 1. The van der Waals surface area contributed by atoms with Gasteiger partial charge in [0.25, 0.3) is 5.91 Å². The van der Waals surface area contributed by atoms with Crippen molar-refractivity contribution >= 4 is 11.6 Å². The van der Waals surface area contributed by atoms with Gasteiger partial charge in [0.05, 0.1) is 24.4 Å². The predicted molar refractivity (Wildman–Crippen MR) is 86.9 cm³/mol. The zero-order valence-corrected chi connectivity index (χ0v) is 13.6. The van der Waals surface area contributed by atoms with Crippen molar-refractivity contribution in [1.82, 2.24) is 4.90 Å². The number of amides is 1. The largest absolute Gasteiger partial charge is 0.504 e. The topological polar surface area (TPSA) is 71.0 Å². The van der Waals surface area contributed by atoms with E-state index in [1.54, 1.807) is 6.07 Å². The van der Waals surface area contributed by atoms with E-state index in [1.165, 1.54) is 18.7 Å². The molecule has 23 heavy (non-hydrogen) atoms. The lowest BCUT2D eigenvalue weighted by molar-refractivity contribution is 0.0232. The van der Waals surface area contributed by atoms with Crippen LogP contribution in [0.15, 0.2) is 23.8 Å². The first kappa shape index (κ1) is 15.7. The Bertz CT molecular complexity index is 656. The molecule has 2 heterocycles. The normalized spacial score (nSPS) is 24.9. The van der Waals surface area contributed by atoms with Crippen molar-refractivity contribution < 1.29 is 19.4 Å². The van der Waals surface area contributed by atoms with Crippen LogP contribution in [0.2, 0.25) is 0 Å². The molecule has 6 heteroatoms. The van der Waals surface area contributed by atoms with Gasteiger partial charge in [0, 0.05) is 19.2 Å². The molecule has 0 spiro atoms. The molecule has 2 atom stereocenters. The number of phenolic OH excluding ortho intramolecular Hbond substituents is 1. The number of hydrogen-bond acceptors (Lipinski definition) is 5. The number of allylic oxidation sites excluding steroid dienone is 1. The lowest BCUT2D eigenvalue weighted by atomic mass is 10.1. The summed E-state index contributed by atoms with van der Waals surface area (Å²) in [6.07, 6.45) is 2.54. The summed E-state index contributed by atoms with van der Waals surface area (Å²) < 4.78 is 11.0. The number of anilines is 1. The van der Waals surface area contributed by atoms with Crippen LogP contribution in [-0.2, 0) is 4.74 Å². The van der Waals surface area contributed by atoms with E-state index in [4.69, 9.17) is 9.47 Å². The Labute approximate surface area is 135 Å². The van der Waals surface area contributed by atoms with E-state index >= 15 is 0 Å². The summed E-state index contributed by atoms with van der Waals surface area (Å²) in [5.41, 5.74) is 2.29. The van der Waals surface area contributed by atoms with E-state index in [-0.39, 0.29) is 29.7 Å². The molecule has 0 aliphatic carbocycles. The number of carbonyl (C=O) groups excluding carboxylic acids is 1. The molecule has 1 fully saturated rings. The monoisotopic (exact) mass is 318 g/mol. The first-order valence-corrected chi connectivity index (χ1v) is 7.83. The van der Waals surface area contributed by atoms with Gasteiger partial charge in [-0.2, -0.15) is 0 Å². The maximum atomic E-state index is 13.0. The van der Waals surface area contributed by atoms with Gasteiger partial charge < -0.3 is 24.8 Å². The molecular formula is C17H22N2O4. The second-order valence-corrected chi connectivity index (χ2v) is 5.74. The zero-order valence-electron chi connectivity index (χ0n) is 13.6. The third-order valence-electron chi connectivity index (χ3n) is 4.46. The third-order valence-corrected chi connectivity index (χ3v) is 4.46. The van der Waals surface area contributed by atoms with Gasteiger partial charge in [-0.3, -0.25) is 4.79 Å². The van der Waals surface area contributed by atoms with Crippen molar-refractivity contribution in [1.29, 1.82) is 0 Å². The maximum Gasteiger partial charge on any atom is 0.256 e. The summed E-state index contributed by atoms with van der Waals surface area (Å²) in [7, 11) is 1.47. The highest BCUT2D eigenvalue weighted by atomic mass is 16.5. The molecule has 0 bridgehead atoms. The Morgan fingerprint density at radius 3 is 2.91 bits per heavy atom. The number of nitrogens with zero attached hydrogens (tertiary/aromatic N) is 1. The molecule has 2 N–H and O–H groups in total. The molecular weight excluding hydrogens is 296 g/mol. The highest BCUT2D eigenvalue weighted by molar-refractivity contribution is 6.02. The number of ether oxygens (including phenoxy) is 2.